The van der Waals surface area contributed by atoms with E-state index in [9.17, 15) is 18.4 Å². The first kappa shape index (κ1) is 20.6. The Morgan fingerprint density at radius 3 is 2.52 bits per heavy atom. The molecule has 0 unspecified atom stereocenters. The third-order valence-electron chi connectivity index (χ3n) is 4.52. The zero-order chi connectivity index (χ0) is 21.8. The zero-order valence-corrected chi connectivity index (χ0v) is 16.9. The summed E-state index contributed by atoms with van der Waals surface area (Å²) in [6.45, 7) is 0.549. The molecule has 0 spiro atoms. The van der Waals surface area contributed by atoms with Crippen LogP contribution in [0.25, 0.3) is 22.2 Å². The van der Waals surface area contributed by atoms with E-state index < -0.39 is 11.7 Å². The second kappa shape index (κ2) is 8.58. The molecule has 31 heavy (non-hydrogen) atoms. The number of halogens is 3. The number of rotatable bonds is 5. The Morgan fingerprint density at radius 1 is 1.10 bits per heavy atom. The van der Waals surface area contributed by atoms with E-state index in [-0.39, 0.29) is 11.3 Å². The summed E-state index contributed by atoms with van der Waals surface area (Å²) in [4.78, 5) is 4.77. The van der Waals surface area contributed by atoms with E-state index in [1.807, 2.05) is 60.1 Å². The Balaban J connectivity index is 1.73. The molecule has 1 aromatic carbocycles. The summed E-state index contributed by atoms with van der Waals surface area (Å²) in [6.07, 6.45) is -0.310. The van der Waals surface area contributed by atoms with Crippen LogP contribution in [0.15, 0.2) is 72.4 Å². The molecule has 0 aliphatic heterocycles. The topological polar surface area (TPSA) is 54.5 Å². The fourth-order valence-corrected chi connectivity index (χ4v) is 3.77. The number of hydrogen-bond donors (Lipinski definition) is 0. The largest absolute Gasteiger partial charge is 0.417 e. The molecule has 0 N–H and O–H groups in total. The van der Waals surface area contributed by atoms with Gasteiger partial charge in [0.25, 0.3) is 0 Å². The van der Waals surface area contributed by atoms with Crippen molar-refractivity contribution in [3.05, 3.63) is 94.8 Å². The van der Waals surface area contributed by atoms with E-state index in [2.05, 4.69) is 10.1 Å². The van der Waals surface area contributed by atoms with Gasteiger partial charge in [-0.3, -0.25) is 9.67 Å². The average molecular weight is 436 g/mol. The predicted octanol–water partition coefficient (Wildman–Crippen LogP) is 6.14. The summed E-state index contributed by atoms with van der Waals surface area (Å²) in [5.74, 6) is 0. The van der Waals surface area contributed by atoms with Gasteiger partial charge >= 0.3 is 6.18 Å². The zero-order valence-electron chi connectivity index (χ0n) is 16.0. The Bertz CT molecular complexity index is 1230. The standard InChI is InChI=1S/C23H15F3N4S/c24-23(25,26)19-8-9-20(28-13-19)17(12-27)11-18-15-30(14-16-5-2-1-3-6-16)29-22(18)21-7-4-10-31-21/h1-11,13,15H,14H2/b17-11+. The highest BCUT2D eigenvalue weighted by Crippen LogP contribution is 2.31. The normalized spacial score (nSPS) is 12.0. The van der Waals surface area contributed by atoms with Gasteiger partial charge in [0.15, 0.2) is 0 Å². The number of pyridine rings is 1. The van der Waals surface area contributed by atoms with Gasteiger partial charge in [0.2, 0.25) is 0 Å². The number of benzene rings is 1. The summed E-state index contributed by atoms with van der Waals surface area (Å²) in [5, 5.41) is 16.2. The summed E-state index contributed by atoms with van der Waals surface area (Å²) in [7, 11) is 0. The summed E-state index contributed by atoms with van der Waals surface area (Å²) in [6, 6.07) is 17.8. The van der Waals surface area contributed by atoms with Crippen molar-refractivity contribution in [1.29, 1.82) is 5.26 Å². The predicted molar refractivity (Wildman–Crippen MR) is 114 cm³/mol. The Labute approximate surface area is 180 Å². The number of hydrogen-bond acceptors (Lipinski definition) is 4. The highest BCUT2D eigenvalue weighted by Gasteiger charge is 2.30. The van der Waals surface area contributed by atoms with Crippen LogP contribution in [-0.2, 0) is 12.7 Å². The highest BCUT2D eigenvalue weighted by molar-refractivity contribution is 7.13. The van der Waals surface area contributed by atoms with Crippen LogP contribution in [0.3, 0.4) is 0 Å². The second-order valence-electron chi connectivity index (χ2n) is 6.69. The minimum Gasteiger partial charge on any atom is -0.267 e. The van der Waals surface area contributed by atoms with Gasteiger partial charge in [-0.15, -0.1) is 11.3 Å². The molecule has 0 aliphatic carbocycles. The molecular weight excluding hydrogens is 421 g/mol. The molecule has 0 saturated heterocycles. The molecule has 0 aliphatic rings. The molecule has 0 atom stereocenters. The molecule has 154 valence electrons. The van der Waals surface area contributed by atoms with Crippen LogP contribution in [0.2, 0.25) is 0 Å². The van der Waals surface area contributed by atoms with Crippen molar-refractivity contribution in [1.82, 2.24) is 14.8 Å². The molecule has 8 heteroatoms. The van der Waals surface area contributed by atoms with Crippen molar-refractivity contribution in [2.24, 2.45) is 0 Å². The monoisotopic (exact) mass is 436 g/mol. The fraction of sp³-hybridized carbons (Fsp3) is 0.0870. The molecule has 0 fully saturated rings. The maximum atomic E-state index is 12.8. The minimum atomic E-state index is -4.48. The third-order valence-corrected chi connectivity index (χ3v) is 5.40. The molecule has 0 saturated carbocycles. The van der Waals surface area contributed by atoms with Crippen LogP contribution in [0.1, 0.15) is 22.4 Å². The van der Waals surface area contributed by atoms with Crippen molar-refractivity contribution >= 4 is 23.0 Å². The lowest BCUT2D eigenvalue weighted by Crippen LogP contribution is -2.05. The van der Waals surface area contributed by atoms with Crippen LogP contribution < -0.4 is 0 Å². The SMILES string of the molecule is N#C/C(=C\c1cn(Cc2ccccc2)nc1-c1cccs1)c1ccc(C(F)(F)F)cn1. The van der Waals surface area contributed by atoms with Gasteiger partial charge in [0, 0.05) is 18.0 Å². The molecule has 0 bridgehead atoms. The minimum absolute atomic E-state index is 0.158. The first-order valence-electron chi connectivity index (χ1n) is 9.25. The molecule has 4 rings (SSSR count). The summed E-state index contributed by atoms with van der Waals surface area (Å²) in [5.41, 5.74) is 1.93. The molecule has 4 aromatic rings. The van der Waals surface area contributed by atoms with Crippen LogP contribution in [-0.4, -0.2) is 14.8 Å². The van der Waals surface area contributed by atoms with Crippen LogP contribution >= 0.6 is 11.3 Å². The molecular formula is C23H15F3N4S. The number of nitrogens with zero attached hydrogens (tertiary/aromatic N) is 4. The van der Waals surface area contributed by atoms with E-state index >= 15 is 0 Å². The van der Waals surface area contributed by atoms with Crippen LogP contribution in [0, 0.1) is 11.3 Å². The van der Waals surface area contributed by atoms with E-state index in [1.165, 1.54) is 17.4 Å². The lowest BCUT2D eigenvalue weighted by molar-refractivity contribution is -0.137. The second-order valence-corrected chi connectivity index (χ2v) is 7.64. The maximum Gasteiger partial charge on any atom is 0.417 e. The van der Waals surface area contributed by atoms with Gasteiger partial charge in [-0.25, -0.2) is 0 Å². The molecule has 0 amide bonds. The number of aromatic nitrogens is 3. The highest BCUT2D eigenvalue weighted by atomic mass is 32.1. The lowest BCUT2D eigenvalue weighted by atomic mass is 10.1. The Morgan fingerprint density at radius 2 is 1.90 bits per heavy atom. The van der Waals surface area contributed by atoms with Gasteiger partial charge in [-0.2, -0.15) is 23.5 Å². The molecule has 3 aromatic heterocycles. The van der Waals surface area contributed by atoms with Gasteiger partial charge in [-0.05, 0) is 35.2 Å². The molecule has 3 heterocycles. The molecule has 0 radical (unpaired) electrons. The van der Waals surface area contributed by atoms with E-state index in [4.69, 9.17) is 0 Å². The average Bonchev–Trinajstić information content (AvgIpc) is 3.42. The number of thiophene rings is 1. The lowest BCUT2D eigenvalue weighted by Gasteiger charge is -2.06. The first-order valence-corrected chi connectivity index (χ1v) is 10.1. The van der Waals surface area contributed by atoms with E-state index in [0.717, 1.165) is 22.7 Å². The number of allylic oxidation sites excluding steroid dienone is 1. The third kappa shape index (κ3) is 4.73. The number of nitriles is 1. The Hall–Kier alpha value is -3.70. The first-order chi connectivity index (χ1) is 14.9. The van der Waals surface area contributed by atoms with E-state index in [1.54, 1.807) is 10.8 Å². The fourth-order valence-electron chi connectivity index (χ4n) is 3.04. The van der Waals surface area contributed by atoms with Gasteiger partial charge in [0.05, 0.1) is 28.3 Å². The van der Waals surface area contributed by atoms with Crippen molar-refractivity contribution in [2.75, 3.05) is 0 Å². The van der Waals surface area contributed by atoms with Crippen molar-refractivity contribution in [3.8, 4) is 16.6 Å². The van der Waals surface area contributed by atoms with E-state index in [0.29, 0.717) is 17.8 Å². The maximum absolute atomic E-state index is 12.8. The van der Waals surface area contributed by atoms with Crippen LogP contribution in [0.5, 0.6) is 0 Å². The quantitative estimate of drug-likeness (QED) is 0.353. The van der Waals surface area contributed by atoms with Gasteiger partial charge in [0.1, 0.15) is 11.8 Å². The van der Waals surface area contributed by atoms with Gasteiger partial charge < -0.3 is 0 Å². The molecule has 4 nitrogen and oxygen atoms in total. The summed E-state index contributed by atoms with van der Waals surface area (Å²) >= 11 is 1.52. The van der Waals surface area contributed by atoms with Crippen molar-refractivity contribution < 1.29 is 13.2 Å². The van der Waals surface area contributed by atoms with Crippen molar-refractivity contribution in [2.45, 2.75) is 12.7 Å². The van der Waals surface area contributed by atoms with Crippen molar-refractivity contribution in [3.63, 3.8) is 0 Å². The summed E-state index contributed by atoms with van der Waals surface area (Å²) < 4.78 is 40.2. The van der Waals surface area contributed by atoms with Crippen LogP contribution in [0.4, 0.5) is 13.2 Å². The van der Waals surface area contributed by atoms with Gasteiger partial charge in [-0.1, -0.05) is 36.4 Å². The smallest absolute Gasteiger partial charge is 0.267 e. The Kier molecular flexibility index (Phi) is 5.69. The number of alkyl halides is 3.